The van der Waals surface area contributed by atoms with Crippen molar-refractivity contribution in [3.05, 3.63) is 54.1 Å². The molecule has 2 saturated heterocycles. The first-order valence-electron chi connectivity index (χ1n) is 14.7. The molecule has 3 fully saturated rings. The molecule has 2 atom stereocenters. The molecule has 3 heterocycles. The lowest BCUT2D eigenvalue weighted by Gasteiger charge is -2.51. The van der Waals surface area contributed by atoms with Crippen LogP contribution in [0.15, 0.2) is 48.5 Å². The molecule has 200 valence electrons. The molecule has 2 aromatic carbocycles. The number of hydrazine groups is 1. The fourth-order valence-corrected chi connectivity index (χ4v) is 7.59. The molecule has 1 amide bonds. The van der Waals surface area contributed by atoms with E-state index in [1.807, 2.05) is 18.2 Å². The molecule has 3 aliphatic rings. The summed E-state index contributed by atoms with van der Waals surface area (Å²) >= 11 is 0. The molecule has 0 bridgehead atoms. The smallest absolute Gasteiger partial charge is 0.242 e. The van der Waals surface area contributed by atoms with E-state index in [9.17, 15) is 4.79 Å². The Hall–Kier alpha value is -3.06. The van der Waals surface area contributed by atoms with Crippen molar-refractivity contribution in [1.29, 1.82) is 0 Å². The molecule has 7 heteroatoms. The van der Waals surface area contributed by atoms with E-state index in [4.69, 9.17) is 0 Å². The van der Waals surface area contributed by atoms with E-state index in [1.54, 1.807) is 0 Å². The van der Waals surface area contributed by atoms with E-state index in [0.29, 0.717) is 17.6 Å². The van der Waals surface area contributed by atoms with Crippen molar-refractivity contribution in [2.24, 2.45) is 11.8 Å². The minimum Gasteiger partial charge on any atom is -0.275 e. The largest absolute Gasteiger partial charge is 0.275 e. The summed E-state index contributed by atoms with van der Waals surface area (Å²) in [6.07, 6.45) is 13.1. The van der Waals surface area contributed by atoms with Gasteiger partial charge in [0.25, 0.3) is 0 Å². The number of hydrogen-bond donors (Lipinski definition) is 1. The highest BCUT2D eigenvalue weighted by molar-refractivity contribution is 5.83. The van der Waals surface area contributed by atoms with Crippen molar-refractivity contribution < 1.29 is 4.79 Å². The van der Waals surface area contributed by atoms with Crippen molar-refractivity contribution in [2.45, 2.75) is 83.1 Å². The average molecular weight is 513 g/mol. The third-order valence-corrected chi connectivity index (χ3v) is 9.38. The molecule has 2 unspecified atom stereocenters. The molecular weight excluding hydrogens is 472 g/mol. The maximum absolute atomic E-state index is 14.1. The van der Waals surface area contributed by atoms with Crippen LogP contribution in [0.2, 0.25) is 0 Å². The number of H-pyrrole nitrogens is 1. The van der Waals surface area contributed by atoms with Gasteiger partial charge in [-0.25, -0.2) is 5.01 Å². The lowest BCUT2D eigenvalue weighted by Crippen LogP contribution is -2.59. The summed E-state index contributed by atoms with van der Waals surface area (Å²) in [6.45, 7) is 4.22. The summed E-state index contributed by atoms with van der Waals surface area (Å²) in [5.41, 5.74) is 4.39. The number of aromatic nitrogens is 4. The Bertz CT molecular complexity index is 1220. The fraction of sp³-hybridized carbons (Fsp3) is 0.548. The van der Waals surface area contributed by atoms with Gasteiger partial charge in [-0.15, -0.1) is 10.2 Å². The number of carbonyl (C=O) groups is 1. The van der Waals surface area contributed by atoms with E-state index in [-0.39, 0.29) is 11.5 Å². The normalized spacial score (nSPS) is 24.6. The first-order valence-corrected chi connectivity index (χ1v) is 14.7. The van der Waals surface area contributed by atoms with Gasteiger partial charge in [-0.1, -0.05) is 87.6 Å². The molecule has 38 heavy (non-hydrogen) atoms. The molecule has 0 radical (unpaired) electrons. The van der Waals surface area contributed by atoms with Gasteiger partial charge in [0, 0.05) is 18.7 Å². The highest BCUT2D eigenvalue weighted by Crippen LogP contribution is 2.51. The summed E-state index contributed by atoms with van der Waals surface area (Å²) in [4.78, 5) is 14.1. The monoisotopic (exact) mass is 512 g/mol. The van der Waals surface area contributed by atoms with Crippen molar-refractivity contribution in [1.82, 2.24) is 30.6 Å². The molecule has 1 N–H and O–H groups in total. The number of unbranched alkanes of at least 4 members (excludes halogenated alkanes) is 1. The maximum Gasteiger partial charge on any atom is 0.242 e. The first kappa shape index (κ1) is 25.2. The zero-order valence-corrected chi connectivity index (χ0v) is 22.6. The molecular formula is C31H40N6O. The Morgan fingerprint density at radius 1 is 0.947 bits per heavy atom. The summed E-state index contributed by atoms with van der Waals surface area (Å²) in [5, 5.41) is 19.4. The van der Waals surface area contributed by atoms with Gasteiger partial charge in [0.2, 0.25) is 11.7 Å². The fourth-order valence-electron chi connectivity index (χ4n) is 7.59. The zero-order valence-electron chi connectivity index (χ0n) is 22.6. The zero-order chi connectivity index (χ0) is 26.0. The van der Waals surface area contributed by atoms with Crippen LogP contribution in [0, 0.1) is 11.8 Å². The maximum atomic E-state index is 14.1. The molecule has 3 aromatic rings. The standard InChI is InChI=1S/C31H40N6O/c1-2-3-19-31(25-11-5-4-6-12-25)28(30(38)36-20-9-10-21-37(31)36)22-23-15-17-24(18-16-23)26-13-7-8-14-27(26)29-32-34-35-33-29/h7-8,13-18,25,28H,2-6,9-12,19-22H2,1H3,(H,32,33,34,35). The second-order valence-electron chi connectivity index (χ2n) is 11.5. The highest BCUT2D eigenvalue weighted by Gasteiger charge is 2.60. The van der Waals surface area contributed by atoms with Gasteiger partial charge in [-0.2, -0.15) is 5.21 Å². The minimum atomic E-state index is -0.0299. The number of nitrogens with one attached hydrogen (secondary N) is 1. The molecule has 1 aromatic heterocycles. The predicted molar refractivity (Wildman–Crippen MR) is 149 cm³/mol. The summed E-state index contributed by atoms with van der Waals surface area (Å²) in [5.74, 6) is 1.62. The number of nitrogens with zero attached hydrogens (tertiary/aromatic N) is 5. The first-order chi connectivity index (χ1) is 18.7. The third-order valence-electron chi connectivity index (χ3n) is 9.38. The van der Waals surface area contributed by atoms with Crippen LogP contribution in [0.3, 0.4) is 0 Å². The number of aromatic amines is 1. The van der Waals surface area contributed by atoms with Crippen LogP contribution in [0.25, 0.3) is 22.5 Å². The number of amides is 1. The van der Waals surface area contributed by atoms with Crippen LogP contribution < -0.4 is 0 Å². The molecule has 2 aliphatic heterocycles. The third kappa shape index (κ3) is 4.45. The summed E-state index contributed by atoms with van der Waals surface area (Å²) in [7, 11) is 0. The quantitative estimate of drug-likeness (QED) is 0.397. The van der Waals surface area contributed by atoms with Crippen molar-refractivity contribution in [2.75, 3.05) is 13.1 Å². The topological polar surface area (TPSA) is 78.0 Å². The van der Waals surface area contributed by atoms with Crippen LogP contribution in [-0.4, -0.2) is 55.2 Å². The van der Waals surface area contributed by atoms with E-state index >= 15 is 0 Å². The lowest BCUT2D eigenvalue weighted by atomic mass is 9.64. The van der Waals surface area contributed by atoms with Gasteiger partial charge < -0.3 is 0 Å². The highest BCUT2D eigenvalue weighted by atomic mass is 16.2. The van der Waals surface area contributed by atoms with Crippen molar-refractivity contribution in [3.63, 3.8) is 0 Å². The van der Waals surface area contributed by atoms with Crippen LogP contribution in [0.5, 0.6) is 0 Å². The van der Waals surface area contributed by atoms with Crippen LogP contribution in [0.4, 0.5) is 0 Å². The van der Waals surface area contributed by atoms with Gasteiger partial charge in [0.05, 0.1) is 11.5 Å². The van der Waals surface area contributed by atoms with Crippen LogP contribution in [-0.2, 0) is 11.2 Å². The molecule has 1 aliphatic carbocycles. The van der Waals surface area contributed by atoms with Crippen molar-refractivity contribution >= 4 is 5.91 Å². The molecule has 1 saturated carbocycles. The number of benzene rings is 2. The summed E-state index contributed by atoms with van der Waals surface area (Å²) < 4.78 is 0. The Balaban J connectivity index is 1.32. The average Bonchev–Trinajstić information content (AvgIpc) is 3.60. The number of carbonyl (C=O) groups excluding carboxylic acids is 1. The van der Waals surface area contributed by atoms with E-state index in [2.05, 4.69) is 67.9 Å². The van der Waals surface area contributed by atoms with Gasteiger partial charge in [0.15, 0.2) is 0 Å². The van der Waals surface area contributed by atoms with Crippen molar-refractivity contribution in [3.8, 4) is 22.5 Å². The number of rotatable bonds is 8. The minimum absolute atomic E-state index is 0.0299. The number of hydrogen-bond acceptors (Lipinski definition) is 5. The number of tetrazole rings is 1. The molecule has 7 nitrogen and oxygen atoms in total. The van der Waals surface area contributed by atoms with E-state index in [1.165, 1.54) is 56.9 Å². The second-order valence-corrected chi connectivity index (χ2v) is 11.5. The molecule has 0 spiro atoms. The summed E-state index contributed by atoms with van der Waals surface area (Å²) in [6, 6.07) is 17.0. The van der Waals surface area contributed by atoms with Gasteiger partial charge in [0.1, 0.15) is 0 Å². The second kappa shape index (κ2) is 11.0. The van der Waals surface area contributed by atoms with Gasteiger partial charge in [-0.3, -0.25) is 9.80 Å². The Kier molecular flexibility index (Phi) is 7.28. The number of fused-ring (bicyclic) bond motifs is 1. The van der Waals surface area contributed by atoms with E-state index < -0.39 is 0 Å². The Morgan fingerprint density at radius 3 is 2.45 bits per heavy atom. The van der Waals surface area contributed by atoms with Crippen LogP contribution in [0.1, 0.15) is 76.7 Å². The SMILES string of the molecule is CCCCC1(C2CCCCC2)C(Cc2ccc(-c3ccccc3-c3nn[nH]n3)cc2)C(=O)N2CCCCN21. The van der Waals surface area contributed by atoms with Gasteiger partial charge in [-0.05, 0) is 66.3 Å². The lowest BCUT2D eigenvalue weighted by molar-refractivity contribution is -0.149. The predicted octanol–water partition coefficient (Wildman–Crippen LogP) is 6.05. The van der Waals surface area contributed by atoms with Gasteiger partial charge >= 0.3 is 0 Å². The molecule has 6 rings (SSSR count). The Morgan fingerprint density at radius 2 is 1.71 bits per heavy atom. The van der Waals surface area contributed by atoms with E-state index in [0.717, 1.165) is 49.0 Å². The Labute approximate surface area is 226 Å². The van der Waals surface area contributed by atoms with Crippen LogP contribution >= 0.6 is 0 Å².